The average Bonchev–Trinajstić information content (AvgIpc) is 2.48. The minimum atomic E-state index is -4.24. The standard InChI is InChI=1S/C7H12F3N3O/c8-7(9,10)4-13-3-1-2-5(13)6(11)12-14/h5,14H,1-4H2,(H2,11,12). The second-order valence-corrected chi connectivity index (χ2v) is 3.27. The van der Waals surface area contributed by atoms with Crippen LogP contribution < -0.4 is 5.73 Å². The Balaban J connectivity index is 2.60. The van der Waals surface area contributed by atoms with Crippen LogP contribution in [0.3, 0.4) is 0 Å². The molecule has 1 heterocycles. The van der Waals surface area contributed by atoms with E-state index in [1.165, 1.54) is 4.90 Å². The van der Waals surface area contributed by atoms with Crippen molar-refractivity contribution in [3.63, 3.8) is 0 Å². The van der Waals surface area contributed by atoms with Crippen LogP contribution in [-0.4, -0.2) is 41.3 Å². The minimum absolute atomic E-state index is 0.147. The van der Waals surface area contributed by atoms with E-state index in [1.54, 1.807) is 0 Å². The van der Waals surface area contributed by atoms with Gasteiger partial charge in [-0.2, -0.15) is 13.2 Å². The van der Waals surface area contributed by atoms with Gasteiger partial charge >= 0.3 is 6.18 Å². The third-order valence-corrected chi connectivity index (χ3v) is 2.20. The summed E-state index contributed by atoms with van der Waals surface area (Å²) in [6, 6.07) is -0.582. The van der Waals surface area contributed by atoms with Gasteiger partial charge in [0, 0.05) is 0 Å². The number of likely N-dealkylation sites (tertiary alicyclic amines) is 1. The van der Waals surface area contributed by atoms with Crippen molar-refractivity contribution in [3.8, 4) is 0 Å². The quantitative estimate of drug-likeness (QED) is 0.307. The molecule has 4 nitrogen and oxygen atoms in total. The van der Waals surface area contributed by atoms with Crippen LogP contribution in [0.4, 0.5) is 13.2 Å². The number of nitrogens with two attached hydrogens (primary N) is 1. The Morgan fingerprint density at radius 2 is 2.21 bits per heavy atom. The number of rotatable bonds is 2. The largest absolute Gasteiger partial charge is 0.409 e. The molecule has 0 aromatic heterocycles. The predicted molar refractivity (Wildman–Crippen MR) is 44.1 cm³/mol. The van der Waals surface area contributed by atoms with E-state index in [9.17, 15) is 13.2 Å². The van der Waals surface area contributed by atoms with E-state index in [4.69, 9.17) is 10.9 Å². The second-order valence-electron chi connectivity index (χ2n) is 3.27. The fraction of sp³-hybridized carbons (Fsp3) is 0.857. The van der Waals surface area contributed by atoms with Crippen LogP contribution in [-0.2, 0) is 0 Å². The molecule has 1 aliphatic heterocycles. The third kappa shape index (κ3) is 2.76. The van der Waals surface area contributed by atoms with Crippen molar-refractivity contribution >= 4 is 5.84 Å². The van der Waals surface area contributed by atoms with E-state index in [-0.39, 0.29) is 5.84 Å². The molecule has 0 amide bonds. The minimum Gasteiger partial charge on any atom is -0.409 e. The number of alkyl halides is 3. The van der Waals surface area contributed by atoms with Crippen molar-refractivity contribution in [2.45, 2.75) is 25.1 Å². The monoisotopic (exact) mass is 211 g/mol. The van der Waals surface area contributed by atoms with Crippen molar-refractivity contribution < 1.29 is 18.4 Å². The number of hydrogen-bond donors (Lipinski definition) is 2. The highest BCUT2D eigenvalue weighted by Gasteiger charge is 2.37. The maximum absolute atomic E-state index is 12.1. The summed E-state index contributed by atoms with van der Waals surface area (Å²) in [5, 5.41) is 11.1. The molecule has 1 rings (SSSR count). The summed E-state index contributed by atoms with van der Waals surface area (Å²) in [5.41, 5.74) is 5.28. The molecule has 0 aliphatic carbocycles. The molecular weight excluding hydrogens is 199 g/mol. The van der Waals surface area contributed by atoms with Gasteiger partial charge in [-0.15, -0.1) is 0 Å². The SMILES string of the molecule is NC(=NO)C1CCCN1CC(F)(F)F. The highest BCUT2D eigenvalue weighted by atomic mass is 19.4. The number of hydrogen-bond acceptors (Lipinski definition) is 3. The molecule has 0 aromatic rings. The number of halogens is 3. The number of oxime groups is 1. The lowest BCUT2D eigenvalue weighted by atomic mass is 10.2. The topological polar surface area (TPSA) is 61.9 Å². The van der Waals surface area contributed by atoms with Crippen molar-refractivity contribution in [2.24, 2.45) is 10.9 Å². The van der Waals surface area contributed by atoms with Crippen LogP contribution >= 0.6 is 0 Å². The highest BCUT2D eigenvalue weighted by molar-refractivity contribution is 5.85. The molecule has 0 aromatic carbocycles. The van der Waals surface area contributed by atoms with Crippen LogP contribution in [0.5, 0.6) is 0 Å². The van der Waals surface area contributed by atoms with Crippen LogP contribution in [0.1, 0.15) is 12.8 Å². The Morgan fingerprint density at radius 3 is 2.71 bits per heavy atom. The molecule has 1 aliphatic rings. The third-order valence-electron chi connectivity index (χ3n) is 2.20. The van der Waals surface area contributed by atoms with Gasteiger partial charge in [0.25, 0.3) is 0 Å². The van der Waals surface area contributed by atoms with E-state index in [0.29, 0.717) is 19.4 Å². The first kappa shape index (κ1) is 11.1. The van der Waals surface area contributed by atoms with Crippen LogP contribution in [0.2, 0.25) is 0 Å². The first-order chi connectivity index (χ1) is 6.44. The maximum Gasteiger partial charge on any atom is 0.401 e. The summed E-state index contributed by atoms with van der Waals surface area (Å²) in [7, 11) is 0. The summed E-state index contributed by atoms with van der Waals surface area (Å²) in [4.78, 5) is 1.18. The van der Waals surface area contributed by atoms with Crippen molar-refractivity contribution in [3.05, 3.63) is 0 Å². The van der Waals surface area contributed by atoms with Crippen LogP contribution in [0.15, 0.2) is 5.16 Å². The average molecular weight is 211 g/mol. The molecular formula is C7H12F3N3O. The molecule has 1 fully saturated rings. The van der Waals surface area contributed by atoms with E-state index < -0.39 is 18.8 Å². The van der Waals surface area contributed by atoms with Crippen molar-refractivity contribution in [1.29, 1.82) is 0 Å². The first-order valence-corrected chi connectivity index (χ1v) is 4.22. The Morgan fingerprint density at radius 1 is 1.57 bits per heavy atom. The highest BCUT2D eigenvalue weighted by Crippen LogP contribution is 2.23. The summed E-state index contributed by atoms with van der Waals surface area (Å²) < 4.78 is 36.2. The van der Waals surface area contributed by atoms with Gasteiger partial charge in [-0.1, -0.05) is 5.16 Å². The van der Waals surface area contributed by atoms with Gasteiger partial charge in [-0.05, 0) is 19.4 Å². The molecule has 0 spiro atoms. The molecule has 14 heavy (non-hydrogen) atoms. The van der Waals surface area contributed by atoms with Gasteiger partial charge in [0.05, 0.1) is 12.6 Å². The zero-order valence-electron chi connectivity index (χ0n) is 7.46. The Labute approximate surface area is 79.2 Å². The Bertz CT molecular complexity index is 229. The summed E-state index contributed by atoms with van der Waals surface area (Å²) in [6.07, 6.45) is -3.10. The van der Waals surface area contributed by atoms with Crippen molar-refractivity contribution in [1.82, 2.24) is 4.90 Å². The molecule has 0 bridgehead atoms. The van der Waals surface area contributed by atoms with Gasteiger partial charge in [0.15, 0.2) is 5.84 Å². The first-order valence-electron chi connectivity index (χ1n) is 4.22. The van der Waals surface area contributed by atoms with E-state index in [2.05, 4.69) is 5.16 Å². The molecule has 0 saturated carbocycles. The number of nitrogens with zero attached hydrogens (tertiary/aromatic N) is 2. The number of amidine groups is 1. The van der Waals surface area contributed by atoms with Crippen molar-refractivity contribution in [2.75, 3.05) is 13.1 Å². The van der Waals surface area contributed by atoms with Gasteiger partial charge in [0.2, 0.25) is 0 Å². The smallest absolute Gasteiger partial charge is 0.401 e. The second kappa shape index (κ2) is 4.04. The molecule has 3 N–H and O–H groups in total. The fourth-order valence-electron chi connectivity index (χ4n) is 1.65. The van der Waals surface area contributed by atoms with Crippen LogP contribution in [0, 0.1) is 0 Å². The molecule has 0 radical (unpaired) electrons. The van der Waals surface area contributed by atoms with Gasteiger partial charge in [0.1, 0.15) is 0 Å². The maximum atomic E-state index is 12.1. The zero-order chi connectivity index (χ0) is 10.8. The van der Waals surface area contributed by atoms with E-state index in [0.717, 1.165) is 0 Å². The molecule has 82 valence electrons. The van der Waals surface area contributed by atoms with Crippen LogP contribution in [0.25, 0.3) is 0 Å². The normalized spacial score (nSPS) is 25.6. The van der Waals surface area contributed by atoms with E-state index in [1.807, 2.05) is 0 Å². The lowest BCUT2D eigenvalue weighted by Gasteiger charge is -2.24. The lowest BCUT2D eigenvalue weighted by molar-refractivity contribution is -0.145. The molecule has 1 saturated heterocycles. The Hall–Kier alpha value is -0.980. The fourth-order valence-corrected chi connectivity index (χ4v) is 1.65. The Kier molecular flexibility index (Phi) is 3.20. The molecule has 1 unspecified atom stereocenters. The summed E-state index contributed by atoms with van der Waals surface area (Å²) in [5.74, 6) is -0.147. The molecule has 7 heteroatoms. The van der Waals surface area contributed by atoms with Gasteiger partial charge in [-0.3, -0.25) is 4.90 Å². The van der Waals surface area contributed by atoms with Gasteiger partial charge in [-0.25, -0.2) is 0 Å². The van der Waals surface area contributed by atoms with Gasteiger partial charge < -0.3 is 10.9 Å². The zero-order valence-corrected chi connectivity index (χ0v) is 7.46. The van der Waals surface area contributed by atoms with E-state index >= 15 is 0 Å². The summed E-state index contributed by atoms with van der Waals surface area (Å²) >= 11 is 0. The summed E-state index contributed by atoms with van der Waals surface area (Å²) in [6.45, 7) is -0.672. The molecule has 1 atom stereocenters. The predicted octanol–water partition coefficient (Wildman–Crippen LogP) is 0.760. The lowest BCUT2D eigenvalue weighted by Crippen LogP contribution is -2.44.